The lowest BCUT2D eigenvalue weighted by Crippen LogP contribution is -2.08. The first-order chi connectivity index (χ1) is 13.0. The number of rotatable bonds is 3. The van der Waals surface area contributed by atoms with Crippen LogP contribution in [0.3, 0.4) is 0 Å². The molecule has 0 spiro atoms. The fraction of sp³-hybridized carbons (Fsp3) is 0.0476. The van der Waals surface area contributed by atoms with Gasteiger partial charge in [-0.1, -0.05) is 60.7 Å². The highest BCUT2D eigenvalue weighted by Gasteiger charge is 2.30. The van der Waals surface area contributed by atoms with Crippen LogP contribution in [0.4, 0.5) is 13.2 Å². The van der Waals surface area contributed by atoms with Gasteiger partial charge in [0.25, 0.3) is 0 Å². The van der Waals surface area contributed by atoms with Gasteiger partial charge in [0.15, 0.2) is 5.82 Å². The van der Waals surface area contributed by atoms with Gasteiger partial charge in [0.2, 0.25) is 0 Å². The van der Waals surface area contributed by atoms with E-state index in [9.17, 15) is 13.2 Å². The van der Waals surface area contributed by atoms with E-state index in [0.717, 1.165) is 34.8 Å². The molecule has 2 aromatic carbocycles. The molecule has 0 radical (unpaired) electrons. The standard InChI is InChI=1S/C21H14F3N3/c22-21(23,24)17-11-12-20(25-14-17)27-19(16-9-5-2-6-10-16)13-18(26-27)15-7-3-1-4-8-15/h1-14H. The largest absolute Gasteiger partial charge is 0.417 e. The summed E-state index contributed by atoms with van der Waals surface area (Å²) < 4.78 is 40.1. The van der Waals surface area contributed by atoms with Crippen molar-refractivity contribution in [2.45, 2.75) is 6.18 Å². The molecular formula is C21H14F3N3. The molecule has 0 aliphatic carbocycles. The molecule has 3 nitrogen and oxygen atoms in total. The van der Waals surface area contributed by atoms with Crippen LogP contribution in [0.25, 0.3) is 28.3 Å². The van der Waals surface area contributed by atoms with Crippen LogP contribution >= 0.6 is 0 Å². The van der Waals surface area contributed by atoms with Crippen LogP contribution in [0.1, 0.15) is 5.56 Å². The molecule has 0 bridgehead atoms. The molecule has 6 heteroatoms. The number of hydrogen-bond acceptors (Lipinski definition) is 2. The van der Waals surface area contributed by atoms with E-state index in [1.54, 1.807) is 4.68 Å². The maximum Gasteiger partial charge on any atom is 0.417 e. The molecule has 0 aliphatic heterocycles. The second kappa shape index (κ2) is 6.72. The number of pyridine rings is 1. The van der Waals surface area contributed by atoms with E-state index >= 15 is 0 Å². The first-order valence-corrected chi connectivity index (χ1v) is 8.27. The average molecular weight is 365 g/mol. The molecule has 0 amide bonds. The smallest absolute Gasteiger partial charge is 0.236 e. The summed E-state index contributed by atoms with van der Waals surface area (Å²) in [6, 6.07) is 23.4. The van der Waals surface area contributed by atoms with Crippen molar-refractivity contribution in [2.24, 2.45) is 0 Å². The van der Waals surface area contributed by atoms with Crippen LogP contribution in [0.5, 0.6) is 0 Å². The highest BCUT2D eigenvalue weighted by Crippen LogP contribution is 2.31. The van der Waals surface area contributed by atoms with Gasteiger partial charge in [-0.15, -0.1) is 0 Å². The van der Waals surface area contributed by atoms with Gasteiger partial charge in [0.05, 0.1) is 17.0 Å². The van der Waals surface area contributed by atoms with Gasteiger partial charge in [-0.05, 0) is 18.2 Å². The Labute approximate surface area is 153 Å². The third-order valence-corrected chi connectivity index (χ3v) is 4.14. The zero-order valence-electron chi connectivity index (χ0n) is 14.1. The van der Waals surface area contributed by atoms with E-state index in [1.165, 1.54) is 6.07 Å². The first-order valence-electron chi connectivity index (χ1n) is 8.27. The van der Waals surface area contributed by atoms with Crippen molar-refractivity contribution in [3.05, 3.63) is 90.6 Å². The van der Waals surface area contributed by atoms with Crippen molar-refractivity contribution in [2.75, 3.05) is 0 Å². The van der Waals surface area contributed by atoms with E-state index < -0.39 is 11.7 Å². The van der Waals surface area contributed by atoms with Crippen molar-refractivity contribution in [3.63, 3.8) is 0 Å². The minimum absolute atomic E-state index is 0.323. The fourth-order valence-corrected chi connectivity index (χ4v) is 2.80. The van der Waals surface area contributed by atoms with Crippen molar-refractivity contribution in [3.8, 4) is 28.3 Å². The summed E-state index contributed by atoms with van der Waals surface area (Å²) in [7, 11) is 0. The molecule has 0 saturated heterocycles. The van der Waals surface area contributed by atoms with Crippen molar-refractivity contribution < 1.29 is 13.2 Å². The minimum Gasteiger partial charge on any atom is -0.236 e. The van der Waals surface area contributed by atoms with Crippen LogP contribution < -0.4 is 0 Å². The molecule has 0 saturated carbocycles. The predicted octanol–water partition coefficient (Wildman–Crippen LogP) is 5.62. The summed E-state index contributed by atoms with van der Waals surface area (Å²) in [5, 5.41) is 4.59. The summed E-state index contributed by atoms with van der Waals surface area (Å²) >= 11 is 0. The zero-order chi connectivity index (χ0) is 18.9. The Morgan fingerprint density at radius 1 is 0.741 bits per heavy atom. The second-order valence-electron chi connectivity index (χ2n) is 5.96. The molecule has 4 aromatic rings. The number of benzene rings is 2. The van der Waals surface area contributed by atoms with Gasteiger partial charge in [-0.2, -0.15) is 18.3 Å². The van der Waals surface area contributed by atoms with Gasteiger partial charge < -0.3 is 0 Å². The maximum absolute atomic E-state index is 12.8. The minimum atomic E-state index is -4.42. The Kier molecular flexibility index (Phi) is 4.24. The molecule has 0 aliphatic rings. The number of alkyl halides is 3. The van der Waals surface area contributed by atoms with E-state index in [2.05, 4.69) is 10.1 Å². The summed E-state index contributed by atoms with van der Waals surface area (Å²) in [5.74, 6) is 0.323. The normalized spacial score (nSPS) is 11.5. The van der Waals surface area contributed by atoms with Crippen LogP contribution in [-0.4, -0.2) is 14.8 Å². The molecule has 0 atom stereocenters. The molecule has 134 valence electrons. The highest BCUT2D eigenvalue weighted by molar-refractivity contribution is 5.70. The van der Waals surface area contributed by atoms with E-state index in [0.29, 0.717) is 5.82 Å². The Bertz CT molecular complexity index is 1040. The average Bonchev–Trinajstić information content (AvgIpc) is 3.14. The van der Waals surface area contributed by atoms with E-state index in [1.807, 2.05) is 66.7 Å². The topological polar surface area (TPSA) is 30.7 Å². The summed E-state index contributed by atoms with van der Waals surface area (Å²) in [5.41, 5.74) is 2.50. The van der Waals surface area contributed by atoms with E-state index in [4.69, 9.17) is 0 Å². The van der Waals surface area contributed by atoms with Gasteiger partial charge >= 0.3 is 6.18 Å². The van der Waals surface area contributed by atoms with Crippen molar-refractivity contribution in [1.29, 1.82) is 0 Å². The third kappa shape index (κ3) is 3.46. The lowest BCUT2D eigenvalue weighted by Gasteiger charge is -2.09. The molecule has 0 N–H and O–H groups in total. The van der Waals surface area contributed by atoms with Crippen LogP contribution in [0.2, 0.25) is 0 Å². The highest BCUT2D eigenvalue weighted by atomic mass is 19.4. The Morgan fingerprint density at radius 2 is 1.37 bits per heavy atom. The van der Waals surface area contributed by atoms with Gasteiger partial charge in [-0.25, -0.2) is 9.67 Å². The third-order valence-electron chi connectivity index (χ3n) is 4.14. The fourth-order valence-electron chi connectivity index (χ4n) is 2.80. The SMILES string of the molecule is FC(F)(F)c1ccc(-n2nc(-c3ccccc3)cc2-c2ccccc2)nc1. The maximum atomic E-state index is 12.8. The molecule has 2 heterocycles. The van der Waals surface area contributed by atoms with Crippen LogP contribution in [0.15, 0.2) is 85.1 Å². The number of hydrogen-bond donors (Lipinski definition) is 0. The second-order valence-corrected chi connectivity index (χ2v) is 5.96. The predicted molar refractivity (Wildman–Crippen MR) is 97.2 cm³/mol. The molecular weight excluding hydrogens is 351 g/mol. The van der Waals surface area contributed by atoms with Crippen molar-refractivity contribution >= 4 is 0 Å². The Morgan fingerprint density at radius 3 is 1.93 bits per heavy atom. The Hall–Kier alpha value is -3.41. The number of aromatic nitrogens is 3. The summed E-state index contributed by atoms with van der Waals surface area (Å²) in [6.07, 6.45) is -3.60. The van der Waals surface area contributed by atoms with Gasteiger partial charge in [0, 0.05) is 17.3 Å². The molecule has 2 aromatic heterocycles. The Balaban J connectivity index is 1.85. The molecule has 0 fully saturated rings. The van der Waals surface area contributed by atoms with Gasteiger partial charge in [-0.3, -0.25) is 0 Å². The van der Waals surface area contributed by atoms with E-state index in [-0.39, 0.29) is 0 Å². The molecule has 27 heavy (non-hydrogen) atoms. The molecule has 4 rings (SSSR count). The zero-order valence-corrected chi connectivity index (χ0v) is 14.1. The molecule has 0 unspecified atom stereocenters. The summed E-state index contributed by atoms with van der Waals surface area (Å²) in [6.45, 7) is 0. The number of halogens is 3. The van der Waals surface area contributed by atoms with Crippen LogP contribution in [-0.2, 0) is 6.18 Å². The quantitative estimate of drug-likeness (QED) is 0.472. The lowest BCUT2D eigenvalue weighted by atomic mass is 10.1. The lowest BCUT2D eigenvalue weighted by molar-refractivity contribution is -0.137. The van der Waals surface area contributed by atoms with Crippen molar-refractivity contribution in [1.82, 2.24) is 14.8 Å². The first kappa shape index (κ1) is 17.0. The monoisotopic (exact) mass is 365 g/mol. The van der Waals surface area contributed by atoms with Crippen LogP contribution in [0, 0.1) is 0 Å². The van der Waals surface area contributed by atoms with Gasteiger partial charge in [0.1, 0.15) is 0 Å². The summed E-state index contributed by atoms with van der Waals surface area (Å²) in [4.78, 5) is 3.99. The number of nitrogens with zero attached hydrogens (tertiary/aromatic N) is 3.